The van der Waals surface area contributed by atoms with E-state index in [1.54, 1.807) is 13.8 Å². The molecule has 5 aliphatic carbocycles. The molecule has 0 spiro atoms. The number of amides is 1. The first-order valence-corrected chi connectivity index (χ1v) is 34.7. The Morgan fingerprint density at radius 1 is 0.580 bits per heavy atom. The Labute approximate surface area is 576 Å². The van der Waals surface area contributed by atoms with Crippen molar-refractivity contribution in [2.45, 2.75) is 291 Å². The summed E-state index contributed by atoms with van der Waals surface area (Å²) in [4.78, 5) is 56.6. The average Bonchev–Trinajstić information content (AvgIpc) is 0.714. The largest absolute Gasteiger partial charge is 0.479 e. The summed E-state index contributed by atoms with van der Waals surface area (Å²) in [6.45, 7) is 10.1. The molecule has 18 unspecified atom stereocenters. The molecule has 100 heavy (non-hydrogen) atoms. The van der Waals surface area contributed by atoms with Gasteiger partial charge in [-0.15, -0.1) is 0 Å². The number of fused-ring (bicyclic) bond motifs is 7. The lowest BCUT2D eigenvalue weighted by Gasteiger charge is -2.71. The van der Waals surface area contributed by atoms with Crippen LogP contribution in [0.2, 0.25) is 0 Å². The van der Waals surface area contributed by atoms with Gasteiger partial charge in [-0.05, 0) is 104 Å². The monoisotopic (exact) mass is 1440 g/mol. The third-order valence-corrected chi connectivity index (χ3v) is 25.2. The summed E-state index contributed by atoms with van der Waals surface area (Å²) in [7, 11) is 0. The van der Waals surface area contributed by atoms with Gasteiger partial charge in [0.1, 0.15) is 122 Å². The van der Waals surface area contributed by atoms with E-state index in [1.807, 2.05) is 0 Å². The van der Waals surface area contributed by atoms with Gasteiger partial charge in [-0.3, -0.25) is 9.59 Å². The number of carboxylic acid groups (broad SMARTS) is 1. The molecule has 34 nitrogen and oxygen atoms in total. The van der Waals surface area contributed by atoms with Gasteiger partial charge in [0.15, 0.2) is 43.7 Å². The standard InChI is InChI=1S/C66H103NO33/c1-8-29-40(77)46(83)54(92-29)91-23-36(74)67-37-30(19-68)93-58(51(42(37)79)98-56-45(82)39(76)28(72)22-90-56)100-60(88)66-16-15-61(2,3)17-26(66)25-9-10-33-62(4)13-12-35(63(5,24-70)32(62)11-14-64(33,6)65(25,7)18-34(66)73)95-59-52(99-57-47(84)43(80)41(78)31(20-69)94-57)49(48(85)50(97-59)53(86)87)96-55-44(81)38(75)27(71)21-89-55/h9,24,26-35,37-52,54-59,68-69,71-73,75-85H,8,10-23H2,1-7H3,(H,67,74)(H,86,87)/t26?,27-,28-,29+,30?,31?,32+,33?,34?,35-,37-,38-,39?,40?,41-,42?,43-,44?,45?,46?,47?,48+,49-,50?,51?,52?,54+,55-,56-,57-,58-,59+,62?,63+,64?,65?,66+/m0/s1. The Morgan fingerprint density at radius 3 is 1.76 bits per heavy atom. The number of hydrogen-bond donors (Lipinski definition) is 18. The predicted molar refractivity (Wildman–Crippen MR) is 329 cm³/mol. The van der Waals surface area contributed by atoms with E-state index in [4.69, 9.17) is 56.8 Å². The Hall–Kier alpha value is -3.26. The number of aldehydes is 1. The normalized spacial score (nSPS) is 52.4. The Kier molecular flexibility index (Phi) is 22.9. The number of carbonyl (C=O) groups excluding carboxylic acids is 3. The smallest absolute Gasteiger partial charge is 0.335 e. The highest BCUT2D eigenvalue weighted by molar-refractivity contribution is 5.80. The zero-order chi connectivity index (χ0) is 73.0. The number of esters is 1. The molecule has 4 saturated carbocycles. The molecule has 11 rings (SSSR count). The van der Waals surface area contributed by atoms with Crippen molar-refractivity contribution in [3.05, 3.63) is 11.6 Å². The number of rotatable bonds is 19. The number of carboxylic acids is 1. The van der Waals surface area contributed by atoms with Gasteiger partial charge in [0, 0.05) is 0 Å². The van der Waals surface area contributed by atoms with Crippen LogP contribution in [0.25, 0.3) is 0 Å². The van der Waals surface area contributed by atoms with Crippen molar-refractivity contribution < 1.29 is 163 Å². The van der Waals surface area contributed by atoms with Crippen molar-refractivity contribution in [1.29, 1.82) is 0 Å². The summed E-state index contributed by atoms with van der Waals surface area (Å²) in [5, 5.41) is 189. The molecular weight excluding hydrogens is 1330 g/mol. The predicted octanol–water partition coefficient (Wildman–Crippen LogP) is -5.69. The summed E-state index contributed by atoms with van der Waals surface area (Å²) in [5.41, 5.74) is -4.96. The average molecular weight is 1440 g/mol. The molecule has 0 aromatic carbocycles. The Bertz CT molecular complexity index is 2930. The second kappa shape index (κ2) is 29.5. The van der Waals surface area contributed by atoms with Crippen molar-refractivity contribution in [3.63, 3.8) is 0 Å². The van der Waals surface area contributed by atoms with Crippen molar-refractivity contribution in [3.8, 4) is 0 Å². The SMILES string of the molecule is CC[C@H]1O[C@@H](OCC(=O)N[C@H]2C(CO)O[C@@H](OC(=O)[C@]34CCC(C)(C)CC3C3=CCC5C6(C)CC[C@H](O[C@@H]7OC(C(=O)O)[C@H](O)[C@H](O[C@@H]8OC[C@H](O)[C@H](O)C8O)C7O[C@@H]7OC(CO)[C@H](O)[C@H](O)C7O)[C@](C)(C=O)[C@@H]6CCC5(C)C3(C)CC4O)C(O[C@@H]3OC[C@H](O)C(O)C3O)C2O)C(O)C1O. The fourth-order valence-electron chi connectivity index (χ4n) is 19.1. The fraction of sp³-hybridized carbons (Fsp3) is 0.909. The van der Waals surface area contributed by atoms with Crippen LogP contribution < -0.4 is 5.32 Å². The van der Waals surface area contributed by atoms with E-state index in [0.29, 0.717) is 44.9 Å². The molecule has 0 aromatic heterocycles. The lowest BCUT2D eigenvalue weighted by Crippen LogP contribution is -2.70. The lowest BCUT2D eigenvalue weighted by atomic mass is 9.33. The third-order valence-electron chi connectivity index (χ3n) is 25.2. The Morgan fingerprint density at radius 2 is 1.16 bits per heavy atom. The summed E-state index contributed by atoms with van der Waals surface area (Å²) in [6, 6.07) is -1.58. The molecule has 1 amide bonds. The summed E-state index contributed by atoms with van der Waals surface area (Å²) in [5.74, 6) is -5.09. The van der Waals surface area contributed by atoms with Crippen molar-refractivity contribution in [2.75, 3.05) is 33.0 Å². The molecule has 6 aliphatic heterocycles. The third kappa shape index (κ3) is 13.3. The van der Waals surface area contributed by atoms with Gasteiger partial charge in [0.05, 0.1) is 56.2 Å². The molecule has 0 bridgehead atoms. The molecule has 10 fully saturated rings. The van der Waals surface area contributed by atoms with E-state index in [2.05, 4.69) is 46.0 Å². The molecule has 570 valence electrons. The van der Waals surface area contributed by atoms with Gasteiger partial charge in [0.25, 0.3) is 0 Å². The second-order valence-corrected chi connectivity index (χ2v) is 31.3. The number of carbonyl (C=O) groups is 4. The number of nitrogens with one attached hydrogen (secondary N) is 1. The molecule has 0 radical (unpaired) electrons. The first-order chi connectivity index (χ1) is 47.0. The summed E-state index contributed by atoms with van der Waals surface area (Å²) >= 11 is 0. The Balaban J connectivity index is 0.869. The van der Waals surface area contributed by atoms with Crippen LogP contribution >= 0.6 is 0 Å². The van der Waals surface area contributed by atoms with E-state index in [9.17, 15) is 101 Å². The molecule has 18 N–H and O–H groups in total. The maximum Gasteiger partial charge on any atom is 0.335 e. The van der Waals surface area contributed by atoms with Crippen LogP contribution in [0.4, 0.5) is 0 Å². The summed E-state index contributed by atoms with van der Waals surface area (Å²) in [6.07, 6.45) is -43.5. The number of allylic oxidation sites excluding steroid dienone is 2. The first kappa shape index (κ1) is 77.8. The van der Waals surface area contributed by atoms with E-state index >= 15 is 4.79 Å². The van der Waals surface area contributed by atoms with Crippen molar-refractivity contribution in [2.24, 2.45) is 50.2 Å². The number of aliphatic carboxylic acids is 1. The lowest BCUT2D eigenvalue weighted by molar-refractivity contribution is -0.391. The molecule has 11 aliphatic rings. The van der Waals surface area contributed by atoms with Gasteiger partial charge in [-0.1, -0.05) is 60.1 Å². The quantitative estimate of drug-likeness (QED) is 0.0248. The van der Waals surface area contributed by atoms with Crippen LogP contribution in [0.1, 0.15) is 113 Å². The van der Waals surface area contributed by atoms with Gasteiger partial charge in [-0.2, -0.15) is 0 Å². The number of aliphatic hydroxyl groups is 16. The minimum atomic E-state index is -2.22. The fourth-order valence-corrected chi connectivity index (χ4v) is 19.1. The molecule has 37 atom stereocenters. The van der Waals surface area contributed by atoms with E-state index < -0.39 is 273 Å². The van der Waals surface area contributed by atoms with Crippen LogP contribution in [0.5, 0.6) is 0 Å². The summed E-state index contributed by atoms with van der Waals surface area (Å²) < 4.78 is 71.5. The number of hydrogen-bond acceptors (Lipinski definition) is 32. The molecular formula is C66H103NO33. The van der Waals surface area contributed by atoms with Gasteiger partial charge in [-0.25, -0.2) is 4.79 Å². The van der Waals surface area contributed by atoms with Crippen molar-refractivity contribution in [1.82, 2.24) is 5.32 Å². The van der Waals surface area contributed by atoms with Crippen LogP contribution in [0.3, 0.4) is 0 Å². The maximum absolute atomic E-state index is 15.8. The highest BCUT2D eigenvalue weighted by Crippen LogP contribution is 2.76. The highest BCUT2D eigenvalue weighted by atomic mass is 16.8. The molecule has 6 heterocycles. The van der Waals surface area contributed by atoms with E-state index in [-0.39, 0.29) is 25.2 Å². The molecule has 6 saturated heterocycles. The van der Waals surface area contributed by atoms with Crippen LogP contribution in [-0.4, -0.2) is 322 Å². The minimum absolute atomic E-state index is 0.0132. The van der Waals surface area contributed by atoms with E-state index in [0.717, 1.165) is 11.9 Å². The second-order valence-electron chi connectivity index (χ2n) is 31.3. The van der Waals surface area contributed by atoms with Gasteiger partial charge < -0.3 is 154 Å². The van der Waals surface area contributed by atoms with Gasteiger partial charge in [0.2, 0.25) is 12.2 Å². The van der Waals surface area contributed by atoms with Crippen LogP contribution in [0, 0.1) is 50.2 Å². The maximum atomic E-state index is 15.8. The van der Waals surface area contributed by atoms with Gasteiger partial charge >= 0.3 is 11.9 Å². The number of aliphatic hydroxyl groups excluding tert-OH is 16. The highest BCUT2D eigenvalue weighted by Gasteiger charge is 2.73. The van der Waals surface area contributed by atoms with Crippen LogP contribution in [0.15, 0.2) is 11.6 Å². The zero-order valence-electron chi connectivity index (χ0n) is 56.9. The first-order valence-electron chi connectivity index (χ1n) is 34.7. The molecule has 34 heteroatoms. The van der Waals surface area contributed by atoms with Crippen LogP contribution in [-0.2, 0) is 76.0 Å². The number of ether oxygens (including phenoxy) is 12. The zero-order valence-corrected chi connectivity index (χ0v) is 56.9. The minimum Gasteiger partial charge on any atom is -0.479 e. The van der Waals surface area contributed by atoms with E-state index in [1.165, 1.54) is 0 Å². The van der Waals surface area contributed by atoms with Crippen molar-refractivity contribution >= 4 is 24.1 Å². The molecule has 0 aromatic rings. The topological polar surface area (TPSA) is 535 Å².